The maximum atomic E-state index is 13.0. The van der Waals surface area contributed by atoms with E-state index in [0.29, 0.717) is 10.2 Å². The first-order chi connectivity index (χ1) is 12.9. The number of carboxylic acid groups (broad SMARTS) is 1. The van der Waals surface area contributed by atoms with Crippen LogP contribution in [0.3, 0.4) is 0 Å². The number of aromatic amines is 1. The smallest absolute Gasteiger partial charge is 0.371 e. The third-order valence-corrected chi connectivity index (χ3v) is 5.16. The minimum absolute atomic E-state index is 0.152. The number of carboxylic acids is 1. The van der Waals surface area contributed by atoms with Gasteiger partial charge in [0.1, 0.15) is 10.6 Å². The van der Waals surface area contributed by atoms with Gasteiger partial charge in [-0.25, -0.2) is 9.59 Å². The molecule has 0 fully saturated rings. The highest BCUT2D eigenvalue weighted by Crippen LogP contribution is 2.30. The van der Waals surface area contributed by atoms with Gasteiger partial charge < -0.3 is 9.52 Å². The van der Waals surface area contributed by atoms with E-state index in [4.69, 9.17) is 9.52 Å². The van der Waals surface area contributed by atoms with Crippen molar-refractivity contribution in [2.75, 3.05) is 0 Å². The zero-order valence-electron chi connectivity index (χ0n) is 14.2. The van der Waals surface area contributed by atoms with Gasteiger partial charge in [-0.1, -0.05) is 29.8 Å². The number of nitrogens with zero attached hydrogens (tertiary/aromatic N) is 1. The van der Waals surface area contributed by atoms with E-state index in [1.54, 1.807) is 0 Å². The van der Waals surface area contributed by atoms with E-state index < -0.39 is 17.2 Å². The minimum atomic E-state index is -1.21. The summed E-state index contributed by atoms with van der Waals surface area (Å²) in [6.45, 7) is 1.83. The molecule has 0 saturated heterocycles. The molecule has 2 N–H and O–H groups in total. The van der Waals surface area contributed by atoms with Crippen LogP contribution in [-0.4, -0.2) is 20.6 Å². The summed E-state index contributed by atoms with van der Waals surface area (Å²) in [4.78, 5) is 39.5. The molecule has 8 heteroatoms. The standard InChI is InChI=1S/C19H14N2O5S/c1-10-2-4-11(5-3-10)13-9-27-16-15(13)17(22)21(19(25)20-16)8-12-6-7-14(26-12)18(23)24/h2-7,9H,8H2,1H3,(H,20,25)(H,23,24). The summed E-state index contributed by atoms with van der Waals surface area (Å²) < 4.78 is 6.18. The van der Waals surface area contributed by atoms with E-state index in [9.17, 15) is 14.4 Å². The van der Waals surface area contributed by atoms with Gasteiger partial charge in [0.2, 0.25) is 5.76 Å². The Morgan fingerprint density at radius 1 is 1.19 bits per heavy atom. The molecule has 0 radical (unpaired) electrons. The molecular formula is C19H14N2O5S. The number of fused-ring (bicyclic) bond motifs is 1. The van der Waals surface area contributed by atoms with Gasteiger partial charge >= 0.3 is 11.7 Å². The number of hydrogen-bond donors (Lipinski definition) is 2. The molecule has 27 heavy (non-hydrogen) atoms. The van der Waals surface area contributed by atoms with Crippen LogP contribution in [0, 0.1) is 6.92 Å². The lowest BCUT2D eigenvalue weighted by Crippen LogP contribution is -2.35. The van der Waals surface area contributed by atoms with Crippen molar-refractivity contribution in [2.24, 2.45) is 0 Å². The molecule has 136 valence electrons. The van der Waals surface area contributed by atoms with Crippen molar-refractivity contribution < 1.29 is 14.3 Å². The highest BCUT2D eigenvalue weighted by molar-refractivity contribution is 7.17. The fourth-order valence-electron chi connectivity index (χ4n) is 2.88. The number of benzene rings is 1. The van der Waals surface area contributed by atoms with Crippen molar-refractivity contribution >= 4 is 27.5 Å². The maximum absolute atomic E-state index is 13.0. The predicted molar refractivity (Wildman–Crippen MR) is 102 cm³/mol. The van der Waals surface area contributed by atoms with Gasteiger partial charge in [0, 0.05) is 10.9 Å². The SMILES string of the molecule is Cc1ccc(-c2csc3[nH]c(=O)n(Cc4ccc(C(=O)O)o4)c(=O)c23)cc1. The summed E-state index contributed by atoms with van der Waals surface area (Å²) in [7, 11) is 0. The van der Waals surface area contributed by atoms with Gasteiger partial charge in [-0.05, 0) is 24.6 Å². The Kier molecular flexibility index (Phi) is 4.04. The highest BCUT2D eigenvalue weighted by atomic mass is 32.1. The number of aromatic nitrogens is 2. The lowest BCUT2D eigenvalue weighted by Gasteiger charge is -2.05. The van der Waals surface area contributed by atoms with E-state index in [0.717, 1.165) is 21.3 Å². The Hall–Kier alpha value is -3.39. The molecular weight excluding hydrogens is 368 g/mol. The summed E-state index contributed by atoms with van der Waals surface area (Å²) in [5.41, 5.74) is 1.72. The van der Waals surface area contributed by atoms with Gasteiger partial charge in [-0.15, -0.1) is 11.3 Å². The molecule has 0 amide bonds. The topological polar surface area (TPSA) is 105 Å². The molecule has 0 aliphatic rings. The van der Waals surface area contributed by atoms with Crippen LogP contribution >= 0.6 is 11.3 Å². The normalized spacial score (nSPS) is 11.1. The van der Waals surface area contributed by atoms with Gasteiger partial charge in [0.25, 0.3) is 5.56 Å². The number of hydrogen-bond acceptors (Lipinski definition) is 5. The molecule has 4 aromatic rings. The van der Waals surface area contributed by atoms with Crippen molar-refractivity contribution in [1.82, 2.24) is 9.55 Å². The number of aryl methyl sites for hydroxylation is 1. The van der Waals surface area contributed by atoms with E-state index in [1.165, 1.54) is 23.5 Å². The van der Waals surface area contributed by atoms with Gasteiger partial charge in [-0.2, -0.15) is 0 Å². The minimum Gasteiger partial charge on any atom is -0.475 e. The third kappa shape index (κ3) is 3.00. The molecule has 0 aliphatic heterocycles. The molecule has 4 rings (SSSR count). The molecule has 0 spiro atoms. The Morgan fingerprint density at radius 3 is 2.59 bits per heavy atom. The molecule has 0 unspecified atom stereocenters. The molecule has 1 aromatic carbocycles. The summed E-state index contributed by atoms with van der Waals surface area (Å²) in [5.74, 6) is -1.24. The molecule has 3 aromatic heterocycles. The summed E-state index contributed by atoms with van der Waals surface area (Å²) >= 11 is 1.29. The van der Waals surface area contributed by atoms with Crippen molar-refractivity contribution in [1.29, 1.82) is 0 Å². The first-order valence-corrected chi connectivity index (χ1v) is 8.95. The quantitative estimate of drug-likeness (QED) is 0.564. The van der Waals surface area contributed by atoms with Crippen LogP contribution in [0.15, 0.2) is 55.8 Å². The third-order valence-electron chi connectivity index (χ3n) is 4.26. The summed E-state index contributed by atoms with van der Waals surface area (Å²) in [6, 6.07) is 10.5. The number of nitrogens with one attached hydrogen (secondary N) is 1. The number of carbonyl (C=O) groups is 1. The Balaban J connectivity index is 1.85. The van der Waals surface area contributed by atoms with Crippen molar-refractivity contribution in [3.63, 3.8) is 0 Å². The fraction of sp³-hybridized carbons (Fsp3) is 0.105. The number of rotatable bonds is 4. The Morgan fingerprint density at radius 2 is 1.93 bits per heavy atom. The monoisotopic (exact) mass is 382 g/mol. The highest BCUT2D eigenvalue weighted by Gasteiger charge is 2.17. The average molecular weight is 382 g/mol. The molecule has 0 bridgehead atoms. The van der Waals surface area contributed by atoms with Crippen LogP contribution < -0.4 is 11.2 Å². The second-order valence-corrected chi connectivity index (χ2v) is 6.99. The first kappa shape index (κ1) is 17.0. The second-order valence-electron chi connectivity index (χ2n) is 6.11. The Bertz CT molecular complexity index is 1270. The van der Waals surface area contributed by atoms with E-state index >= 15 is 0 Å². The van der Waals surface area contributed by atoms with Crippen LogP contribution in [0.4, 0.5) is 0 Å². The van der Waals surface area contributed by atoms with Crippen LogP contribution in [-0.2, 0) is 6.54 Å². The first-order valence-electron chi connectivity index (χ1n) is 8.07. The lowest BCUT2D eigenvalue weighted by molar-refractivity contribution is 0.0660. The van der Waals surface area contributed by atoms with Crippen molar-refractivity contribution in [3.8, 4) is 11.1 Å². The molecule has 7 nitrogen and oxygen atoms in total. The molecule has 0 atom stereocenters. The molecule has 3 heterocycles. The van der Waals surface area contributed by atoms with Gasteiger partial charge in [0.05, 0.1) is 11.9 Å². The molecule has 0 aliphatic carbocycles. The maximum Gasteiger partial charge on any atom is 0.371 e. The second kappa shape index (κ2) is 6.40. The van der Waals surface area contributed by atoms with Crippen molar-refractivity contribution in [3.05, 3.63) is 79.7 Å². The average Bonchev–Trinajstić information content (AvgIpc) is 3.26. The van der Waals surface area contributed by atoms with Gasteiger partial charge in [-0.3, -0.25) is 14.3 Å². The van der Waals surface area contributed by atoms with Crippen molar-refractivity contribution in [2.45, 2.75) is 13.5 Å². The van der Waals surface area contributed by atoms with Crippen LogP contribution in [0.1, 0.15) is 21.9 Å². The summed E-state index contributed by atoms with van der Waals surface area (Å²) in [5, 5.41) is 11.2. The summed E-state index contributed by atoms with van der Waals surface area (Å²) in [6.07, 6.45) is 0. The van der Waals surface area contributed by atoms with E-state index in [-0.39, 0.29) is 18.1 Å². The zero-order chi connectivity index (χ0) is 19.1. The lowest BCUT2D eigenvalue weighted by atomic mass is 10.1. The Labute approximate surface area is 156 Å². The van der Waals surface area contributed by atoms with Crippen LogP contribution in [0.25, 0.3) is 21.3 Å². The van der Waals surface area contributed by atoms with E-state index in [1.807, 2.05) is 36.6 Å². The number of H-pyrrole nitrogens is 1. The van der Waals surface area contributed by atoms with Crippen LogP contribution in [0.5, 0.6) is 0 Å². The zero-order valence-corrected chi connectivity index (χ0v) is 15.0. The number of thiophene rings is 1. The largest absolute Gasteiger partial charge is 0.475 e. The predicted octanol–water partition coefficient (Wildman–Crippen LogP) is 3.07. The van der Waals surface area contributed by atoms with E-state index in [2.05, 4.69) is 4.98 Å². The van der Waals surface area contributed by atoms with Crippen LogP contribution in [0.2, 0.25) is 0 Å². The number of furan rings is 1. The van der Waals surface area contributed by atoms with Gasteiger partial charge in [0.15, 0.2) is 0 Å². The number of aromatic carboxylic acids is 1. The fourth-order valence-corrected chi connectivity index (χ4v) is 3.83. The molecule has 0 saturated carbocycles.